The molecule has 312 valence electrons. The van der Waals surface area contributed by atoms with Gasteiger partial charge in [-0.05, 0) is 69.1 Å². The molecule has 5 heterocycles. The van der Waals surface area contributed by atoms with Crippen LogP contribution in [0.5, 0.6) is 0 Å². The third kappa shape index (κ3) is 7.65. The summed E-state index contributed by atoms with van der Waals surface area (Å²) in [6.07, 6.45) is 5.63. The van der Waals surface area contributed by atoms with Gasteiger partial charge in [-0.2, -0.15) is 0 Å². The summed E-state index contributed by atoms with van der Waals surface area (Å²) in [4.78, 5) is 75.7. The second kappa shape index (κ2) is 16.5. The number of hydrogen-bond acceptors (Lipinski definition) is 9. The van der Waals surface area contributed by atoms with Crippen molar-refractivity contribution >= 4 is 45.6 Å². The fraction of sp³-hybridized carbons (Fsp3) is 0.465. The molecular formula is C43H54N9O6S+. The Kier molecular flexibility index (Phi) is 11.6. The van der Waals surface area contributed by atoms with E-state index in [-0.39, 0.29) is 23.7 Å². The first-order chi connectivity index (χ1) is 28.2. The first kappa shape index (κ1) is 41.4. The van der Waals surface area contributed by atoms with Crippen LogP contribution in [-0.2, 0) is 30.1 Å². The molecule has 2 fully saturated rings. The van der Waals surface area contributed by atoms with Crippen LogP contribution in [0, 0.1) is 11.8 Å². The number of aromatic amines is 3. The molecule has 4 atom stereocenters. The molecular weight excluding hydrogens is 771 g/mol. The highest BCUT2D eigenvalue weighted by atomic mass is 32.1. The summed E-state index contributed by atoms with van der Waals surface area (Å²) in [6.45, 7) is 12.8. The summed E-state index contributed by atoms with van der Waals surface area (Å²) >= 11 is 1.56. The van der Waals surface area contributed by atoms with Gasteiger partial charge >= 0.3 is 12.2 Å². The second-order valence-electron chi connectivity index (χ2n) is 16.6. The summed E-state index contributed by atoms with van der Waals surface area (Å²) in [5.74, 6) is 0.960. The molecule has 0 aliphatic carbocycles. The molecule has 2 saturated heterocycles. The monoisotopic (exact) mass is 824 g/mol. The van der Waals surface area contributed by atoms with Gasteiger partial charge in [0.1, 0.15) is 29.6 Å². The highest BCUT2D eigenvalue weighted by molar-refractivity contribution is 7.17. The summed E-state index contributed by atoms with van der Waals surface area (Å²) < 4.78 is 10.6. The molecule has 2 aliphatic rings. The third-order valence-corrected chi connectivity index (χ3v) is 13.0. The predicted molar refractivity (Wildman–Crippen MR) is 224 cm³/mol. The van der Waals surface area contributed by atoms with Crippen LogP contribution in [0.1, 0.15) is 78.9 Å². The van der Waals surface area contributed by atoms with Gasteiger partial charge in [-0.25, -0.2) is 29.5 Å². The van der Waals surface area contributed by atoms with Gasteiger partial charge in [-0.15, -0.1) is 11.3 Å². The van der Waals surface area contributed by atoms with Gasteiger partial charge < -0.3 is 34.9 Å². The van der Waals surface area contributed by atoms with E-state index in [2.05, 4.69) is 68.9 Å². The van der Waals surface area contributed by atoms with E-state index in [9.17, 15) is 19.2 Å². The number of nitrogens with one attached hydrogen (secondary N) is 5. The number of carbonyl (C=O) groups excluding carboxylic acids is 4. The van der Waals surface area contributed by atoms with E-state index in [1.807, 2.05) is 62.3 Å². The molecule has 0 bridgehead atoms. The summed E-state index contributed by atoms with van der Waals surface area (Å²) in [5, 5.41) is 5.45. The van der Waals surface area contributed by atoms with E-state index < -0.39 is 35.3 Å². The summed E-state index contributed by atoms with van der Waals surface area (Å²) in [5.41, 5.74) is 7.12. The van der Waals surface area contributed by atoms with E-state index in [0.29, 0.717) is 18.9 Å². The zero-order chi connectivity index (χ0) is 42.2. The lowest BCUT2D eigenvalue weighted by atomic mass is 9.95. The minimum absolute atomic E-state index is 0.119. The second-order valence-corrected chi connectivity index (χ2v) is 17.4. The Morgan fingerprint density at radius 3 is 1.92 bits per heavy atom. The molecule has 0 saturated carbocycles. The number of ether oxygens (including phenoxy) is 2. The molecule has 3 aromatic heterocycles. The number of H-pyrrole nitrogens is 3. The minimum Gasteiger partial charge on any atom is -0.453 e. The number of methoxy groups -OCH3 is 2. The molecule has 2 aromatic carbocycles. The van der Waals surface area contributed by atoms with Crippen LogP contribution in [0.15, 0.2) is 54.3 Å². The van der Waals surface area contributed by atoms with Gasteiger partial charge in [-0.1, -0.05) is 52.0 Å². The van der Waals surface area contributed by atoms with Gasteiger partial charge in [0, 0.05) is 29.8 Å². The zero-order valence-electron chi connectivity index (χ0n) is 34.9. The van der Waals surface area contributed by atoms with Crippen LogP contribution >= 0.6 is 11.3 Å². The number of imidazole rings is 2. The Balaban J connectivity index is 1.10. The quantitative estimate of drug-likeness (QED) is 0.115. The Bertz CT molecular complexity index is 2350. The molecule has 16 heteroatoms. The molecule has 0 unspecified atom stereocenters. The number of fused-ring (bicyclic) bond motifs is 1. The Morgan fingerprint density at radius 1 is 0.763 bits per heavy atom. The van der Waals surface area contributed by atoms with Crippen LogP contribution in [-0.4, -0.2) is 93.1 Å². The van der Waals surface area contributed by atoms with Gasteiger partial charge in [0.25, 0.3) is 5.82 Å². The van der Waals surface area contributed by atoms with Gasteiger partial charge in [0.2, 0.25) is 11.8 Å². The number of benzene rings is 2. The molecule has 7 rings (SSSR count). The maximum atomic E-state index is 13.9. The minimum atomic E-state index is -0.725. The molecule has 0 spiro atoms. The summed E-state index contributed by atoms with van der Waals surface area (Å²) in [6, 6.07) is 11.0. The first-order valence-electron chi connectivity index (χ1n) is 20.2. The van der Waals surface area contributed by atoms with Crippen LogP contribution in [0.4, 0.5) is 9.59 Å². The highest BCUT2D eigenvalue weighted by Crippen LogP contribution is 2.42. The van der Waals surface area contributed by atoms with E-state index in [1.54, 1.807) is 11.3 Å². The molecule has 15 nitrogen and oxygen atoms in total. The van der Waals surface area contributed by atoms with Crippen molar-refractivity contribution in [3.05, 3.63) is 66.0 Å². The number of carbonyl (C=O) groups is 4. The number of rotatable bonds is 11. The number of amides is 4. The average Bonchev–Trinajstić information content (AvgIpc) is 4.08. The van der Waals surface area contributed by atoms with Crippen LogP contribution in [0.2, 0.25) is 0 Å². The Labute approximate surface area is 347 Å². The van der Waals surface area contributed by atoms with E-state index in [4.69, 9.17) is 19.4 Å². The van der Waals surface area contributed by atoms with E-state index in [1.165, 1.54) is 14.2 Å². The Hall–Kier alpha value is -5.77. The molecule has 2 aliphatic heterocycles. The van der Waals surface area contributed by atoms with Crippen LogP contribution in [0.25, 0.3) is 43.9 Å². The lowest BCUT2D eigenvalue weighted by molar-refractivity contribution is -0.399. The zero-order valence-corrected chi connectivity index (χ0v) is 35.7. The largest absolute Gasteiger partial charge is 0.453 e. The lowest BCUT2D eigenvalue weighted by Crippen LogP contribution is -2.55. The van der Waals surface area contributed by atoms with E-state index in [0.717, 1.165) is 75.4 Å². The number of alkyl carbamates (subject to hydrolysis) is 2. The highest BCUT2D eigenvalue weighted by Gasteiger charge is 2.49. The molecule has 0 radical (unpaired) electrons. The number of likely N-dealkylation sites (tertiary alicyclic amines) is 2. The van der Waals surface area contributed by atoms with Crippen molar-refractivity contribution in [3.63, 3.8) is 0 Å². The van der Waals surface area contributed by atoms with Crippen LogP contribution in [0.3, 0.4) is 0 Å². The molecule has 4 amide bonds. The van der Waals surface area contributed by atoms with Crippen molar-refractivity contribution < 1.29 is 33.6 Å². The maximum absolute atomic E-state index is 13.9. The number of aromatic nitrogens is 5. The lowest BCUT2D eigenvalue weighted by Gasteiger charge is -2.37. The predicted octanol–water partition coefficient (Wildman–Crippen LogP) is 6.60. The Morgan fingerprint density at radius 2 is 1.32 bits per heavy atom. The van der Waals surface area contributed by atoms with Crippen LogP contribution < -0.4 is 15.6 Å². The fourth-order valence-corrected chi connectivity index (χ4v) is 9.47. The van der Waals surface area contributed by atoms with Crippen molar-refractivity contribution in [2.75, 3.05) is 27.3 Å². The molecule has 5 aromatic rings. The van der Waals surface area contributed by atoms with Crippen molar-refractivity contribution in [3.8, 4) is 33.6 Å². The van der Waals surface area contributed by atoms with Gasteiger partial charge in [0.15, 0.2) is 5.69 Å². The fourth-order valence-electron chi connectivity index (χ4n) is 8.63. The van der Waals surface area contributed by atoms with Crippen molar-refractivity contribution in [2.24, 2.45) is 11.8 Å². The number of hydrogen-bond donors (Lipinski definition) is 4. The van der Waals surface area contributed by atoms with Gasteiger partial charge in [0.05, 0.1) is 47.4 Å². The van der Waals surface area contributed by atoms with Gasteiger partial charge in [-0.3, -0.25) is 9.59 Å². The normalized spacial score (nSPS) is 20.3. The van der Waals surface area contributed by atoms with Crippen molar-refractivity contribution in [1.82, 2.24) is 40.4 Å². The van der Waals surface area contributed by atoms with E-state index >= 15 is 0 Å². The number of thiazole rings is 1. The average molecular weight is 825 g/mol. The van der Waals surface area contributed by atoms with Crippen molar-refractivity contribution in [1.29, 1.82) is 0 Å². The smallest absolute Gasteiger partial charge is 0.407 e. The first-order valence-corrected chi connectivity index (χ1v) is 21.0. The standard InChI is InChI=1S/C43H53N9O6S/c1-24(2)32(49-40(55)57-7)36(53)51-19-9-17-42(51,5)38-44-21-30(47-38)27-13-11-26(12-14-27)28-15-16-29(35-34(28)46-23-59-35)31-22-45-39(48-31)43(6)18-10-20-52(43)37(54)33(25(3)4)50-41(56)58-8/h11-16,21-25,32-33H,9-10,17-20H2,1-8H3,(H,44,47)(H,45,48)(H,49,55)(H,50,56)/p+1/t32-,33-,42-,43-/m0/s1. The SMILES string of the molecule is COC(=O)N[C@H](C(=O)N1CCC[C@@]1(C)c1ncc(-c2ccc(-c3ccc(-c4c[nH+]c([C@]5(C)CCCN5C(=O)[C@@H](NC(=O)OC)C(C)C)[nH]4)cc3)c3ncsc23)[nH]1)C(C)C. The molecule has 59 heavy (non-hydrogen) atoms. The van der Waals surface area contributed by atoms with Crippen molar-refractivity contribution in [2.45, 2.75) is 90.4 Å². The molecule has 5 N–H and O–H groups in total. The maximum Gasteiger partial charge on any atom is 0.407 e. The third-order valence-electron chi connectivity index (χ3n) is 12.1. The summed E-state index contributed by atoms with van der Waals surface area (Å²) in [7, 11) is 2.59. The topological polar surface area (TPSA) is 189 Å². The number of nitrogens with zero attached hydrogens (tertiary/aromatic N) is 4.